The van der Waals surface area contributed by atoms with E-state index in [4.69, 9.17) is 11.6 Å². The molecule has 2 N–H and O–H groups in total. The molecule has 0 atom stereocenters. The van der Waals surface area contributed by atoms with Crippen molar-refractivity contribution in [2.45, 2.75) is 58.0 Å². The Kier molecular flexibility index (Phi) is 7.14. The number of nitrogens with one attached hydrogen (secondary N) is 2. The highest BCUT2D eigenvalue weighted by molar-refractivity contribution is 6.30. The normalized spacial score (nSPS) is 17.8. The Balaban J connectivity index is 1.85. The Morgan fingerprint density at radius 2 is 1.84 bits per heavy atom. The van der Waals surface area contributed by atoms with Gasteiger partial charge in [0, 0.05) is 49.2 Å². The summed E-state index contributed by atoms with van der Waals surface area (Å²) in [6.45, 7) is 12.1. The molecule has 1 fully saturated rings. The second-order valence-corrected chi connectivity index (χ2v) is 8.30. The molecular formula is C20H33ClN4. The van der Waals surface area contributed by atoms with E-state index in [0.29, 0.717) is 12.1 Å². The highest BCUT2D eigenvalue weighted by Crippen LogP contribution is 2.23. The van der Waals surface area contributed by atoms with E-state index in [1.165, 1.54) is 18.4 Å². The van der Waals surface area contributed by atoms with E-state index < -0.39 is 0 Å². The number of halogens is 1. The maximum atomic E-state index is 6.00. The number of piperidine rings is 1. The molecule has 1 heterocycles. The lowest BCUT2D eigenvalue weighted by Crippen LogP contribution is -2.51. The fourth-order valence-corrected chi connectivity index (χ4v) is 3.38. The Morgan fingerprint density at radius 1 is 1.24 bits per heavy atom. The molecule has 0 saturated carbocycles. The van der Waals surface area contributed by atoms with Crippen LogP contribution >= 0.6 is 11.6 Å². The van der Waals surface area contributed by atoms with Crippen molar-refractivity contribution in [3.05, 3.63) is 34.9 Å². The van der Waals surface area contributed by atoms with Crippen LogP contribution in [-0.4, -0.2) is 49.6 Å². The van der Waals surface area contributed by atoms with Gasteiger partial charge in [0.1, 0.15) is 0 Å². The number of nitrogens with zero attached hydrogens (tertiary/aromatic N) is 2. The largest absolute Gasteiger partial charge is 0.356 e. The van der Waals surface area contributed by atoms with E-state index in [-0.39, 0.29) is 5.41 Å². The second kappa shape index (κ2) is 8.91. The first-order valence-electron chi connectivity index (χ1n) is 9.29. The van der Waals surface area contributed by atoms with Crippen LogP contribution in [0.3, 0.4) is 0 Å². The molecule has 5 heteroatoms. The quantitative estimate of drug-likeness (QED) is 0.618. The van der Waals surface area contributed by atoms with Gasteiger partial charge in [0.2, 0.25) is 0 Å². The van der Waals surface area contributed by atoms with Crippen molar-refractivity contribution in [2.24, 2.45) is 4.99 Å². The zero-order chi connectivity index (χ0) is 18.4. The SMILES string of the molecule is CN=C(NCC(C)(C)c1ccc(Cl)cc1)NC1CCN(C(C)C)CC1. The molecular weight excluding hydrogens is 332 g/mol. The predicted octanol–water partition coefficient (Wildman–Crippen LogP) is 3.66. The van der Waals surface area contributed by atoms with Gasteiger partial charge in [-0.1, -0.05) is 37.6 Å². The van der Waals surface area contributed by atoms with Gasteiger partial charge in [-0.05, 0) is 44.4 Å². The van der Waals surface area contributed by atoms with Crippen LogP contribution < -0.4 is 10.6 Å². The summed E-state index contributed by atoms with van der Waals surface area (Å²) < 4.78 is 0. The zero-order valence-corrected chi connectivity index (χ0v) is 17.0. The molecule has 1 aromatic carbocycles. The molecule has 1 aliphatic rings. The number of hydrogen-bond donors (Lipinski definition) is 2. The number of rotatable bonds is 5. The molecule has 140 valence electrons. The van der Waals surface area contributed by atoms with Crippen molar-refractivity contribution in [1.82, 2.24) is 15.5 Å². The summed E-state index contributed by atoms with van der Waals surface area (Å²) >= 11 is 6.00. The van der Waals surface area contributed by atoms with Crippen LogP contribution in [0.4, 0.5) is 0 Å². The molecule has 4 nitrogen and oxygen atoms in total. The zero-order valence-electron chi connectivity index (χ0n) is 16.3. The van der Waals surface area contributed by atoms with Crippen molar-refractivity contribution >= 4 is 17.6 Å². The number of benzene rings is 1. The highest BCUT2D eigenvalue weighted by Gasteiger charge is 2.23. The molecule has 0 aliphatic carbocycles. The van der Waals surface area contributed by atoms with Gasteiger partial charge in [-0.15, -0.1) is 0 Å². The summed E-state index contributed by atoms with van der Waals surface area (Å²) in [6, 6.07) is 9.24. The van der Waals surface area contributed by atoms with Crippen LogP contribution in [0, 0.1) is 0 Å². The standard InChI is InChI=1S/C20H33ClN4/c1-15(2)25-12-10-18(11-13-25)24-19(22-5)23-14-20(3,4)16-6-8-17(21)9-7-16/h6-9,15,18H,10-14H2,1-5H3,(H2,22,23,24). The van der Waals surface area contributed by atoms with E-state index >= 15 is 0 Å². The minimum absolute atomic E-state index is 0.00319. The van der Waals surface area contributed by atoms with Crippen LogP contribution in [0.2, 0.25) is 5.02 Å². The maximum absolute atomic E-state index is 6.00. The average molecular weight is 365 g/mol. The molecule has 1 aromatic rings. The van der Waals surface area contributed by atoms with Crippen LogP contribution in [-0.2, 0) is 5.41 Å². The second-order valence-electron chi connectivity index (χ2n) is 7.86. The van der Waals surface area contributed by atoms with Crippen LogP contribution in [0.1, 0.15) is 46.1 Å². The van der Waals surface area contributed by atoms with Gasteiger partial charge in [-0.2, -0.15) is 0 Å². The molecule has 0 aromatic heterocycles. The van der Waals surface area contributed by atoms with E-state index in [0.717, 1.165) is 30.6 Å². The Labute approximate surface area is 158 Å². The lowest BCUT2D eigenvalue weighted by atomic mass is 9.85. The summed E-state index contributed by atoms with van der Waals surface area (Å²) in [5.41, 5.74) is 1.27. The minimum Gasteiger partial charge on any atom is -0.356 e. The van der Waals surface area contributed by atoms with Crippen LogP contribution in [0.5, 0.6) is 0 Å². The molecule has 1 aliphatic heterocycles. The van der Waals surface area contributed by atoms with E-state index in [1.807, 2.05) is 19.2 Å². The minimum atomic E-state index is 0.00319. The van der Waals surface area contributed by atoms with Gasteiger partial charge in [-0.25, -0.2) is 0 Å². The number of likely N-dealkylation sites (tertiary alicyclic amines) is 1. The predicted molar refractivity (Wildman–Crippen MR) is 109 cm³/mol. The highest BCUT2D eigenvalue weighted by atomic mass is 35.5. The fraction of sp³-hybridized carbons (Fsp3) is 0.650. The smallest absolute Gasteiger partial charge is 0.191 e. The van der Waals surface area contributed by atoms with Crippen LogP contribution in [0.25, 0.3) is 0 Å². The van der Waals surface area contributed by atoms with E-state index in [1.54, 1.807) is 0 Å². The Bertz CT molecular complexity index is 558. The molecule has 25 heavy (non-hydrogen) atoms. The van der Waals surface area contributed by atoms with Crippen molar-refractivity contribution in [3.8, 4) is 0 Å². The summed E-state index contributed by atoms with van der Waals surface area (Å²) in [6.07, 6.45) is 2.33. The fourth-order valence-electron chi connectivity index (χ4n) is 3.26. The topological polar surface area (TPSA) is 39.7 Å². The van der Waals surface area contributed by atoms with Gasteiger partial charge in [-0.3, -0.25) is 4.99 Å². The number of hydrogen-bond acceptors (Lipinski definition) is 2. The van der Waals surface area contributed by atoms with Crippen molar-refractivity contribution < 1.29 is 0 Å². The average Bonchev–Trinajstić information content (AvgIpc) is 2.59. The molecule has 2 rings (SSSR count). The summed E-state index contributed by atoms with van der Waals surface area (Å²) in [5, 5.41) is 7.86. The number of guanidine groups is 1. The Morgan fingerprint density at radius 3 is 2.36 bits per heavy atom. The monoisotopic (exact) mass is 364 g/mol. The first-order valence-corrected chi connectivity index (χ1v) is 9.67. The third-order valence-electron chi connectivity index (χ3n) is 5.15. The third-order valence-corrected chi connectivity index (χ3v) is 5.40. The van der Waals surface area contributed by atoms with Crippen LogP contribution in [0.15, 0.2) is 29.3 Å². The lowest BCUT2D eigenvalue weighted by Gasteiger charge is -2.35. The first kappa shape index (κ1) is 20.1. The van der Waals surface area contributed by atoms with Crippen molar-refractivity contribution in [3.63, 3.8) is 0 Å². The summed E-state index contributed by atoms with van der Waals surface area (Å²) in [5.74, 6) is 0.894. The third kappa shape index (κ3) is 5.89. The van der Waals surface area contributed by atoms with Gasteiger partial charge in [0.15, 0.2) is 5.96 Å². The molecule has 0 bridgehead atoms. The summed E-state index contributed by atoms with van der Waals surface area (Å²) in [4.78, 5) is 6.95. The van der Waals surface area contributed by atoms with Crippen molar-refractivity contribution in [2.75, 3.05) is 26.7 Å². The Hall–Kier alpha value is -1.26. The van der Waals surface area contributed by atoms with Crippen molar-refractivity contribution in [1.29, 1.82) is 0 Å². The molecule has 1 saturated heterocycles. The van der Waals surface area contributed by atoms with E-state index in [9.17, 15) is 0 Å². The van der Waals surface area contributed by atoms with Gasteiger partial charge in [0.25, 0.3) is 0 Å². The number of aliphatic imine (C=N–C) groups is 1. The molecule has 0 unspecified atom stereocenters. The molecule has 0 spiro atoms. The lowest BCUT2D eigenvalue weighted by molar-refractivity contribution is 0.167. The molecule has 0 amide bonds. The summed E-state index contributed by atoms with van der Waals surface area (Å²) in [7, 11) is 1.84. The van der Waals surface area contributed by atoms with Gasteiger partial charge in [0.05, 0.1) is 0 Å². The molecule has 0 radical (unpaired) electrons. The first-order chi connectivity index (χ1) is 11.8. The van der Waals surface area contributed by atoms with Gasteiger partial charge < -0.3 is 15.5 Å². The maximum Gasteiger partial charge on any atom is 0.191 e. The van der Waals surface area contributed by atoms with E-state index in [2.05, 4.69) is 60.4 Å². The van der Waals surface area contributed by atoms with Gasteiger partial charge >= 0.3 is 0 Å².